The predicted molar refractivity (Wildman–Crippen MR) is 44.3 cm³/mol. The third-order valence-corrected chi connectivity index (χ3v) is 1.63. The lowest BCUT2D eigenvalue weighted by atomic mass is 10.1. The summed E-state index contributed by atoms with van der Waals surface area (Å²) >= 11 is 0. The van der Waals surface area contributed by atoms with Crippen molar-refractivity contribution in [2.24, 2.45) is 0 Å². The minimum Gasteiger partial charge on any atom is -0.339 e. The van der Waals surface area contributed by atoms with E-state index in [2.05, 4.69) is 23.8 Å². The smallest absolute Gasteiger partial charge is 0.247 e. The van der Waals surface area contributed by atoms with Crippen molar-refractivity contribution in [3.8, 4) is 0 Å². The third kappa shape index (κ3) is 1.37. The number of carbonyl (C=O) groups excluding carboxylic acids is 2. The highest BCUT2D eigenvalue weighted by molar-refractivity contribution is 5.98. The van der Waals surface area contributed by atoms with Gasteiger partial charge in [-0.05, 0) is 0 Å². The molecule has 2 unspecified atom stereocenters. The van der Waals surface area contributed by atoms with E-state index < -0.39 is 12.1 Å². The number of hydrogen-bond acceptors (Lipinski definition) is 2. The summed E-state index contributed by atoms with van der Waals surface area (Å²) in [6.45, 7) is 6.84. The first-order valence-corrected chi connectivity index (χ1v) is 3.55. The Morgan fingerprint density at radius 2 is 1.33 bits per heavy atom. The number of nitrogens with one attached hydrogen (secondary N) is 2. The fraction of sp³-hybridized carbons (Fsp3) is 0.250. The van der Waals surface area contributed by atoms with Crippen molar-refractivity contribution >= 4 is 11.8 Å². The van der Waals surface area contributed by atoms with Crippen LogP contribution in [0.1, 0.15) is 0 Å². The van der Waals surface area contributed by atoms with E-state index in [1.54, 1.807) is 0 Å². The van der Waals surface area contributed by atoms with Crippen molar-refractivity contribution in [2.75, 3.05) is 0 Å². The molecule has 2 amide bonds. The van der Waals surface area contributed by atoms with E-state index >= 15 is 0 Å². The number of hydrogen-bond donors (Lipinski definition) is 2. The van der Waals surface area contributed by atoms with E-state index in [-0.39, 0.29) is 11.8 Å². The summed E-state index contributed by atoms with van der Waals surface area (Å²) < 4.78 is 0. The predicted octanol–water partition coefficient (Wildman–Crippen LogP) is -0.658. The molecule has 1 aliphatic rings. The van der Waals surface area contributed by atoms with Gasteiger partial charge in [0.25, 0.3) is 0 Å². The summed E-state index contributed by atoms with van der Waals surface area (Å²) in [4.78, 5) is 22.2. The zero-order chi connectivity index (χ0) is 9.14. The summed E-state index contributed by atoms with van der Waals surface area (Å²) in [5, 5.41) is 4.95. The van der Waals surface area contributed by atoms with E-state index in [1.165, 1.54) is 12.2 Å². The average Bonchev–Trinajstić information content (AvgIpc) is 2.08. The maximum Gasteiger partial charge on any atom is 0.247 e. The summed E-state index contributed by atoms with van der Waals surface area (Å²) in [5.41, 5.74) is 0. The topological polar surface area (TPSA) is 58.2 Å². The van der Waals surface area contributed by atoms with Gasteiger partial charge < -0.3 is 10.6 Å². The maximum absolute atomic E-state index is 11.1. The highest BCUT2D eigenvalue weighted by Gasteiger charge is 2.29. The molecular formula is C8H10N2O2. The fourth-order valence-corrected chi connectivity index (χ4v) is 0.949. The van der Waals surface area contributed by atoms with Gasteiger partial charge in [0.2, 0.25) is 11.8 Å². The Labute approximate surface area is 70.3 Å². The second-order valence-electron chi connectivity index (χ2n) is 2.44. The largest absolute Gasteiger partial charge is 0.339 e. The summed E-state index contributed by atoms with van der Waals surface area (Å²) in [7, 11) is 0. The molecule has 0 aromatic heterocycles. The molecule has 1 saturated heterocycles. The monoisotopic (exact) mass is 166 g/mol. The Kier molecular flexibility index (Phi) is 2.28. The van der Waals surface area contributed by atoms with Gasteiger partial charge in [-0.25, -0.2) is 0 Å². The molecule has 0 bridgehead atoms. The Morgan fingerprint density at radius 3 is 1.58 bits per heavy atom. The van der Waals surface area contributed by atoms with E-state index in [1.807, 2.05) is 0 Å². The van der Waals surface area contributed by atoms with Gasteiger partial charge in [0.05, 0.1) is 0 Å². The van der Waals surface area contributed by atoms with Crippen molar-refractivity contribution in [1.29, 1.82) is 0 Å². The molecule has 0 radical (unpaired) electrons. The van der Waals surface area contributed by atoms with Crippen molar-refractivity contribution in [1.82, 2.24) is 10.6 Å². The van der Waals surface area contributed by atoms with E-state index in [0.717, 1.165) is 0 Å². The molecule has 2 atom stereocenters. The molecule has 64 valence electrons. The number of carbonyl (C=O) groups is 2. The van der Waals surface area contributed by atoms with Crippen LogP contribution in [0.2, 0.25) is 0 Å². The SMILES string of the molecule is C=CC1NC(=O)C(C=C)NC1=O. The average molecular weight is 166 g/mol. The number of amides is 2. The van der Waals surface area contributed by atoms with Gasteiger partial charge in [0.15, 0.2) is 0 Å². The molecule has 0 aliphatic carbocycles. The van der Waals surface area contributed by atoms with Crippen LogP contribution in [0.15, 0.2) is 25.3 Å². The minimum atomic E-state index is -0.617. The molecule has 0 spiro atoms. The normalized spacial score (nSPS) is 28.7. The van der Waals surface area contributed by atoms with Gasteiger partial charge in [-0.3, -0.25) is 9.59 Å². The highest BCUT2D eigenvalue weighted by atomic mass is 16.2. The summed E-state index contributed by atoms with van der Waals surface area (Å²) in [6.07, 6.45) is 2.76. The Balaban J connectivity index is 2.74. The molecule has 0 aromatic rings. The molecule has 1 aliphatic heterocycles. The highest BCUT2D eigenvalue weighted by Crippen LogP contribution is 1.98. The molecule has 1 fully saturated rings. The van der Waals surface area contributed by atoms with Crippen LogP contribution in [0.4, 0.5) is 0 Å². The fourth-order valence-electron chi connectivity index (χ4n) is 0.949. The standard InChI is InChI=1S/C8H10N2O2/c1-3-5-7(11)10-6(4-2)8(12)9-5/h3-6H,1-2H2,(H,9,12)(H,10,11). The Bertz CT molecular complexity index is 221. The molecular weight excluding hydrogens is 156 g/mol. The number of rotatable bonds is 2. The van der Waals surface area contributed by atoms with E-state index in [9.17, 15) is 9.59 Å². The lowest BCUT2D eigenvalue weighted by molar-refractivity contribution is -0.134. The zero-order valence-electron chi connectivity index (χ0n) is 6.54. The van der Waals surface area contributed by atoms with E-state index in [0.29, 0.717) is 0 Å². The maximum atomic E-state index is 11.1. The molecule has 4 heteroatoms. The second-order valence-corrected chi connectivity index (χ2v) is 2.44. The molecule has 0 saturated carbocycles. The summed E-state index contributed by atoms with van der Waals surface area (Å²) in [6, 6.07) is -1.23. The van der Waals surface area contributed by atoms with Crippen LogP contribution in [-0.2, 0) is 9.59 Å². The van der Waals surface area contributed by atoms with Gasteiger partial charge in [-0.2, -0.15) is 0 Å². The van der Waals surface area contributed by atoms with Gasteiger partial charge in [0, 0.05) is 0 Å². The van der Waals surface area contributed by atoms with Crippen molar-refractivity contribution in [3.05, 3.63) is 25.3 Å². The molecule has 1 rings (SSSR count). The van der Waals surface area contributed by atoms with Crippen LogP contribution in [0, 0.1) is 0 Å². The Hall–Kier alpha value is -1.58. The minimum absolute atomic E-state index is 0.255. The molecule has 0 aromatic carbocycles. The lowest BCUT2D eigenvalue weighted by Gasteiger charge is -2.25. The van der Waals surface area contributed by atoms with Gasteiger partial charge in [-0.15, -0.1) is 13.2 Å². The van der Waals surface area contributed by atoms with Crippen LogP contribution < -0.4 is 10.6 Å². The van der Waals surface area contributed by atoms with Gasteiger partial charge in [0.1, 0.15) is 12.1 Å². The lowest BCUT2D eigenvalue weighted by Crippen LogP contribution is -2.60. The first kappa shape index (κ1) is 8.52. The first-order chi connectivity index (χ1) is 5.69. The quantitative estimate of drug-likeness (QED) is 0.535. The zero-order valence-corrected chi connectivity index (χ0v) is 6.54. The number of piperazine rings is 1. The molecule has 4 nitrogen and oxygen atoms in total. The van der Waals surface area contributed by atoms with Crippen molar-refractivity contribution in [3.63, 3.8) is 0 Å². The van der Waals surface area contributed by atoms with Crippen LogP contribution in [0.3, 0.4) is 0 Å². The van der Waals surface area contributed by atoms with Crippen molar-refractivity contribution < 1.29 is 9.59 Å². The van der Waals surface area contributed by atoms with Crippen LogP contribution >= 0.6 is 0 Å². The van der Waals surface area contributed by atoms with Gasteiger partial charge in [-0.1, -0.05) is 12.2 Å². The van der Waals surface area contributed by atoms with Crippen LogP contribution in [0.5, 0.6) is 0 Å². The second kappa shape index (κ2) is 3.21. The van der Waals surface area contributed by atoms with Crippen LogP contribution in [0.25, 0.3) is 0 Å². The van der Waals surface area contributed by atoms with E-state index in [4.69, 9.17) is 0 Å². The Morgan fingerprint density at radius 1 is 1.00 bits per heavy atom. The first-order valence-electron chi connectivity index (χ1n) is 3.55. The van der Waals surface area contributed by atoms with Crippen LogP contribution in [-0.4, -0.2) is 23.9 Å². The third-order valence-electron chi connectivity index (χ3n) is 1.63. The van der Waals surface area contributed by atoms with Gasteiger partial charge >= 0.3 is 0 Å². The summed E-state index contributed by atoms with van der Waals surface area (Å²) in [5.74, 6) is -0.510. The molecule has 1 heterocycles. The van der Waals surface area contributed by atoms with Crippen molar-refractivity contribution in [2.45, 2.75) is 12.1 Å². The molecule has 12 heavy (non-hydrogen) atoms. The molecule has 2 N–H and O–H groups in total.